The average molecular weight is 536 g/mol. The molecular weight excluding hydrogens is 486 g/mol. The summed E-state index contributed by atoms with van der Waals surface area (Å²) in [6, 6.07) is 16.3. The summed E-state index contributed by atoms with van der Waals surface area (Å²) in [5, 5.41) is 0. The van der Waals surface area contributed by atoms with E-state index in [-0.39, 0.29) is 5.78 Å². The SMILES string of the molecule is CCCCCCCCCCC(=O)c1ccc2oc(-c3ccc(OCCC[Si](C)(C)CCCC)cc3)nc2c1. The molecule has 5 heteroatoms. The van der Waals surface area contributed by atoms with E-state index in [9.17, 15) is 4.79 Å². The minimum absolute atomic E-state index is 0.195. The highest BCUT2D eigenvalue weighted by Gasteiger charge is 2.19. The van der Waals surface area contributed by atoms with Gasteiger partial charge in [-0.3, -0.25) is 4.79 Å². The van der Waals surface area contributed by atoms with Gasteiger partial charge in [-0.15, -0.1) is 0 Å². The number of hydrogen-bond donors (Lipinski definition) is 0. The zero-order valence-corrected chi connectivity index (χ0v) is 25.3. The van der Waals surface area contributed by atoms with Crippen LogP contribution in [0.1, 0.15) is 101 Å². The average Bonchev–Trinajstić information content (AvgIpc) is 3.35. The number of oxazole rings is 1. The molecule has 1 heterocycles. The fourth-order valence-corrected chi connectivity index (χ4v) is 7.67. The first-order chi connectivity index (χ1) is 18.4. The molecule has 0 bridgehead atoms. The van der Waals surface area contributed by atoms with Crippen molar-refractivity contribution in [1.82, 2.24) is 4.98 Å². The van der Waals surface area contributed by atoms with E-state index in [2.05, 4.69) is 31.9 Å². The molecular formula is C33H49NO3Si. The maximum absolute atomic E-state index is 12.7. The highest BCUT2D eigenvalue weighted by atomic mass is 28.3. The molecule has 0 N–H and O–H groups in total. The Kier molecular flexibility index (Phi) is 12.6. The van der Waals surface area contributed by atoms with E-state index >= 15 is 0 Å². The molecule has 0 unspecified atom stereocenters. The first-order valence-corrected chi connectivity index (χ1v) is 18.5. The Labute approximate surface area is 231 Å². The van der Waals surface area contributed by atoms with Crippen LogP contribution in [0.15, 0.2) is 46.9 Å². The molecule has 0 aliphatic carbocycles. The summed E-state index contributed by atoms with van der Waals surface area (Å²) in [4.78, 5) is 17.4. The van der Waals surface area contributed by atoms with E-state index in [1.165, 1.54) is 63.5 Å². The quantitative estimate of drug-likeness (QED) is 0.0870. The lowest BCUT2D eigenvalue weighted by Crippen LogP contribution is -2.25. The number of hydrogen-bond acceptors (Lipinski definition) is 4. The summed E-state index contributed by atoms with van der Waals surface area (Å²) in [6.07, 6.45) is 14.3. The van der Waals surface area contributed by atoms with Gasteiger partial charge < -0.3 is 9.15 Å². The van der Waals surface area contributed by atoms with Gasteiger partial charge >= 0.3 is 0 Å². The van der Waals surface area contributed by atoms with Crippen LogP contribution < -0.4 is 4.74 Å². The number of fused-ring (bicyclic) bond motifs is 1. The summed E-state index contributed by atoms with van der Waals surface area (Å²) in [5.41, 5.74) is 3.08. The normalized spacial score (nSPS) is 11.8. The summed E-state index contributed by atoms with van der Waals surface area (Å²) in [7, 11) is -1.08. The Morgan fingerprint density at radius 3 is 2.18 bits per heavy atom. The van der Waals surface area contributed by atoms with E-state index < -0.39 is 8.07 Å². The standard InChI is InChI=1S/C33H49NO3Si/c1-5-7-9-10-11-12-13-14-16-31(35)28-19-22-32-30(26-28)34-33(37-32)27-17-20-29(21-18-27)36-23-15-25-38(3,4)24-8-6-2/h17-22,26H,5-16,23-25H2,1-4H3. The van der Waals surface area contributed by atoms with Gasteiger partial charge in [-0.1, -0.05) is 96.8 Å². The molecule has 2 aromatic carbocycles. The number of unbranched alkanes of at least 4 members (excludes halogenated alkanes) is 8. The number of carbonyl (C=O) groups excluding carboxylic acids is 1. The van der Waals surface area contributed by atoms with E-state index in [0.717, 1.165) is 48.3 Å². The maximum atomic E-state index is 12.7. The van der Waals surface area contributed by atoms with E-state index in [1.807, 2.05) is 42.5 Å². The summed E-state index contributed by atoms with van der Waals surface area (Å²) in [5.74, 6) is 1.65. The minimum atomic E-state index is -1.08. The molecule has 0 radical (unpaired) electrons. The summed E-state index contributed by atoms with van der Waals surface area (Å²) in [6.45, 7) is 10.3. The third kappa shape index (κ3) is 10.1. The molecule has 0 amide bonds. The van der Waals surface area contributed by atoms with Crippen molar-refractivity contribution in [2.75, 3.05) is 6.61 Å². The van der Waals surface area contributed by atoms with Crippen LogP contribution >= 0.6 is 0 Å². The van der Waals surface area contributed by atoms with Crippen molar-refractivity contribution in [3.05, 3.63) is 48.0 Å². The van der Waals surface area contributed by atoms with Gasteiger partial charge in [-0.05, 0) is 55.3 Å². The van der Waals surface area contributed by atoms with E-state index in [0.29, 0.717) is 17.9 Å². The van der Waals surface area contributed by atoms with Gasteiger partial charge in [0.05, 0.1) is 6.61 Å². The second-order valence-corrected chi connectivity index (χ2v) is 16.9. The predicted molar refractivity (Wildman–Crippen MR) is 163 cm³/mol. The number of rotatable bonds is 19. The number of ketones is 1. The van der Waals surface area contributed by atoms with Crippen LogP contribution in [0.5, 0.6) is 5.75 Å². The lowest BCUT2D eigenvalue weighted by Gasteiger charge is -2.21. The first kappa shape index (κ1) is 30.1. The van der Waals surface area contributed by atoms with E-state index in [1.54, 1.807) is 0 Å². The van der Waals surface area contributed by atoms with Gasteiger partial charge in [0.1, 0.15) is 11.3 Å². The van der Waals surface area contributed by atoms with Crippen LogP contribution in [0.25, 0.3) is 22.6 Å². The van der Waals surface area contributed by atoms with Crippen LogP contribution in [0, 0.1) is 0 Å². The highest BCUT2D eigenvalue weighted by Crippen LogP contribution is 2.27. The van der Waals surface area contributed by atoms with Crippen LogP contribution in [0.4, 0.5) is 0 Å². The monoisotopic (exact) mass is 535 g/mol. The number of benzene rings is 2. The Balaban J connectivity index is 1.46. The van der Waals surface area contributed by atoms with Crippen molar-refractivity contribution in [3.63, 3.8) is 0 Å². The molecule has 3 aromatic rings. The fraction of sp³-hybridized carbons (Fsp3) is 0.576. The zero-order valence-electron chi connectivity index (χ0n) is 24.3. The van der Waals surface area contributed by atoms with Gasteiger partial charge in [-0.2, -0.15) is 0 Å². The second-order valence-electron chi connectivity index (χ2n) is 11.6. The van der Waals surface area contributed by atoms with Crippen molar-refractivity contribution in [3.8, 4) is 17.2 Å². The van der Waals surface area contributed by atoms with E-state index in [4.69, 9.17) is 9.15 Å². The fourth-order valence-electron chi connectivity index (χ4n) is 5.00. The van der Waals surface area contributed by atoms with Crippen molar-refractivity contribution in [2.45, 2.75) is 116 Å². The molecule has 0 aliphatic heterocycles. The number of carbonyl (C=O) groups is 1. The minimum Gasteiger partial charge on any atom is -0.494 e. The second kappa shape index (κ2) is 15.9. The topological polar surface area (TPSA) is 52.3 Å². The largest absolute Gasteiger partial charge is 0.494 e. The van der Waals surface area contributed by atoms with Crippen molar-refractivity contribution >= 4 is 25.0 Å². The Morgan fingerprint density at radius 2 is 1.47 bits per heavy atom. The van der Waals surface area contributed by atoms with Crippen molar-refractivity contribution in [1.29, 1.82) is 0 Å². The molecule has 208 valence electrons. The molecule has 0 saturated carbocycles. The Hall–Kier alpha value is -2.40. The molecule has 0 fully saturated rings. The number of aromatic nitrogens is 1. The Morgan fingerprint density at radius 1 is 0.816 bits per heavy atom. The molecule has 3 rings (SSSR count). The first-order valence-electron chi connectivity index (χ1n) is 15.1. The van der Waals surface area contributed by atoms with Crippen molar-refractivity contribution in [2.24, 2.45) is 0 Å². The molecule has 0 aliphatic rings. The highest BCUT2D eigenvalue weighted by molar-refractivity contribution is 6.77. The molecule has 1 aromatic heterocycles. The third-order valence-electron chi connectivity index (χ3n) is 7.54. The van der Waals surface area contributed by atoms with Crippen LogP contribution in [0.2, 0.25) is 25.2 Å². The lowest BCUT2D eigenvalue weighted by molar-refractivity contribution is 0.0979. The molecule has 4 nitrogen and oxygen atoms in total. The maximum Gasteiger partial charge on any atom is 0.227 e. The molecule has 0 atom stereocenters. The van der Waals surface area contributed by atoms with Gasteiger partial charge in [0, 0.05) is 25.6 Å². The smallest absolute Gasteiger partial charge is 0.227 e. The van der Waals surface area contributed by atoms with Gasteiger partial charge in [0.25, 0.3) is 0 Å². The van der Waals surface area contributed by atoms with Crippen molar-refractivity contribution < 1.29 is 13.9 Å². The number of ether oxygens (including phenoxy) is 1. The summed E-state index contributed by atoms with van der Waals surface area (Å²) < 4.78 is 12.0. The van der Waals surface area contributed by atoms with Crippen LogP contribution in [-0.4, -0.2) is 25.4 Å². The number of nitrogens with zero attached hydrogens (tertiary/aromatic N) is 1. The van der Waals surface area contributed by atoms with Crippen LogP contribution in [0.3, 0.4) is 0 Å². The predicted octanol–water partition coefficient (Wildman–Crippen LogP) is 10.5. The Bertz CT molecular complexity index is 1100. The number of Topliss-reactive ketones (excluding diaryl/α,β-unsaturated/α-hetero) is 1. The molecule has 0 spiro atoms. The molecule has 38 heavy (non-hydrogen) atoms. The lowest BCUT2D eigenvalue weighted by atomic mass is 10.0. The molecule has 0 saturated heterocycles. The summed E-state index contributed by atoms with van der Waals surface area (Å²) >= 11 is 0. The zero-order chi connectivity index (χ0) is 27.2. The van der Waals surface area contributed by atoms with Gasteiger partial charge in [0.2, 0.25) is 5.89 Å². The van der Waals surface area contributed by atoms with Gasteiger partial charge in [0.15, 0.2) is 11.4 Å². The third-order valence-corrected chi connectivity index (χ3v) is 11.0. The van der Waals surface area contributed by atoms with Gasteiger partial charge in [-0.25, -0.2) is 4.98 Å². The van der Waals surface area contributed by atoms with Crippen LogP contribution in [-0.2, 0) is 0 Å².